The van der Waals surface area contributed by atoms with Crippen molar-refractivity contribution in [1.82, 2.24) is 9.38 Å². The summed E-state index contributed by atoms with van der Waals surface area (Å²) in [6.07, 6.45) is -0.561. The minimum absolute atomic E-state index is 0.311. The Balaban J connectivity index is 1.97. The van der Waals surface area contributed by atoms with Crippen molar-refractivity contribution in [3.8, 4) is 5.75 Å². The van der Waals surface area contributed by atoms with Gasteiger partial charge >= 0.3 is 6.18 Å². The largest absolute Gasteiger partial charge is 0.494 e. The van der Waals surface area contributed by atoms with Crippen LogP contribution in [0.1, 0.15) is 17.0 Å². The molecule has 0 atom stereocenters. The number of aromatic nitrogens is 2. The number of imidazole rings is 1. The lowest BCUT2D eigenvalue weighted by Crippen LogP contribution is -2.06. The van der Waals surface area contributed by atoms with Crippen LogP contribution >= 0.6 is 0 Å². The molecule has 0 fully saturated rings. The summed E-state index contributed by atoms with van der Waals surface area (Å²) >= 11 is 0. The number of pyridine rings is 1. The number of methoxy groups -OCH3 is 1. The van der Waals surface area contributed by atoms with E-state index in [-0.39, 0.29) is 0 Å². The van der Waals surface area contributed by atoms with Crippen molar-refractivity contribution in [2.24, 2.45) is 0 Å². The van der Waals surface area contributed by atoms with E-state index in [9.17, 15) is 13.2 Å². The Hall–Kier alpha value is -2.50. The molecule has 0 bridgehead atoms. The summed E-state index contributed by atoms with van der Waals surface area (Å²) in [4.78, 5) is 4.29. The zero-order valence-electron chi connectivity index (χ0n) is 11.8. The number of hydrogen-bond donors (Lipinski definition) is 0. The number of fused-ring (bicyclic) bond motifs is 1. The lowest BCUT2D eigenvalue weighted by Gasteiger charge is -2.09. The fraction of sp³-hybridized carbons (Fsp3) is 0.188. The summed E-state index contributed by atoms with van der Waals surface area (Å²) in [6.45, 7) is 0. The maximum Gasteiger partial charge on any atom is 0.416 e. The van der Waals surface area contributed by atoms with Crippen molar-refractivity contribution in [2.75, 3.05) is 7.11 Å². The third-order valence-corrected chi connectivity index (χ3v) is 3.45. The van der Waals surface area contributed by atoms with Gasteiger partial charge in [-0.2, -0.15) is 13.2 Å². The molecule has 3 nitrogen and oxygen atoms in total. The third-order valence-electron chi connectivity index (χ3n) is 3.45. The number of rotatable bonds is 3. The first kappa shape index (κ1) is 14.4. The Morgan fingerprint density at radius 2 is 2.00 bits per heavy atom. The number of nitrogens with zero attached hydrogens (tertiary/aromatic N) is 2. The molecule has 0 radical (unpaired) electrons. The van der Waals surface area contributed by atoms with Crippen molar-refractivity contribution in [3.05, 3.63) is 65.7 Å². The van der Waals surface area contributed by atoms with Crippen LogP contribution in [0.4, 0.5) is 13.2 Å². The molecule has 6 heteroatoms. The lowest BCUT2D eigenvalue weighted by molar-refractivity contribution is -0.137. The highest BCUT2D eigenvalue weighted by atomic mass is 19.4. The van der Waals surface area contributed by atoms with E-state index in [1.54, 1.807) is 19.4 Å². The van der Waals surface area contributed by atoms with E-state index in [1.165, 1.54) is 6.07 Å². The summed E-state index contributed by atoms with van der Waals surface area (Å²) in [7, 11) is 1.56. The van der Waals surface area contributed by atoms with Crippen LogP contribution in [0.3, 0.4) is 0 Å². The quantitative estimate of drug-likeness (QED) is 0.732. The Kier molecular flexibility index (Phi) is 3.52. The average molecular weight is 306 g/mol. The van der Waals surface area contributed by atoms with Crippen LogP contribution in [0, 0.1) is 0 Å². The molecule has 0 saturated carbocycles. The smallest absolute Gasteiger partial charge is 0.416 e. The van der Waals surface area contributed by atoms with Gasteiger partial charge in [0.2, 0.25) is 0 Å². The molecule has 3 rings (SSSR count). The highest BCUT2D eigenvalue weighted by Gasteiger charge is 2.30. The Morgan fingerprint density at radius 3 is 2.73 bits per heavy atom. The van der Waals surface area contributed by atoms with Crippen molar-refractivity contribution < 1.29 is 17.9 Å². The van der Waals surface area contributed by atoms with Gasteiger partial charge in [-0.15, -0.1) is 0 Å². The molecule has 0 aliphatic heterocycles. The van der Waals surface area contributed by atoms with E-state index < -0.39 is 11.7 Å². The highest BCUT2D eigenvalue weighted by molar-refractivity contribution is 5.59. The zero-order valence-corrected chi connectivity index (χ0v) is 11.8. The second-order valence-electron chi connectivity index (χ2n) is 4.88. The van der Waals surface area contributed by atoms with E-state index in [0.717, 1.165) is 17.6 Å². The van der Waals surface area contributed by atoms with Crippen molar-refractivity contribution in [3.63, 3.8) is 0 Å². The molecule has 22 heavy (non-hydrogen) atoms. The first-order valence-electron chi connectivity index (χ1n) is 6.64. The molecule has 0 saturated heterocycles. The van der Waals surface area contributed by atoms with Gasteiger partial charge in [-0.1, -0.05) is 18.2 Å². The van der Waals surface area contributed by atoms with E-state index in [0.29, 0.717) is 23.6 Å². The van der Waals surface area contributed by atoms with Crippen LogP contribution in [0.5, 0.6) is 5.75 Å². The molecular weight excluding hydrogens is 293 g/mol. The minimum Gasteiger partial charge on any atom is -0.494 e. The topological polar surface area (TPSA) is 26.5 Å². The van der Waals surface area contributed by atoms with Crippen molar-refractivity contribution in [1.29, 1.82) is 0 Å². The summed E-state index contributed by atoms with van der Waals surface area (Å²) in [5.74, 6) is 1.33. The van der Waals surface area contributed by atoms with Crippen LogP contribution in [0.25, 0.3) is 5.52 Å². The Labute approximate surface area is 125 Å². The molecule has 0 amide bonds. The van der Waals surface area contributed by atoms with Gasteiger partial charge < -0.3 is 9.14 Å². The molecule has 2 aromatic heterocycles. The minimum atomic E-state index is -4.34. The fourth-order valence-corrected chi connectivity index (χ4v) is 2.39. The maximum absolute atomic E-state index is 12.8. The van der Waals surface area contributed by atoms with Gasteiger partial charge in [-0.25, -0.2) is 4.98 Å². The second kappa shape index (κ2) is 5.36. The van der Waals surface area contributed by atoms with Crippen molar-refractivity contribution in [2.45, 2.75) is 12.6 Å². The Morgan fingerprint density at radius 1 is 1.18 bits per heavy atom. The van der Waals surface area contributed by atoms with Gasteiger partial charge in [0.05, 0.1) is 18.9 Å². The van der Waals surface area contributed by atoms with Crippen LogP contribution in [-0.2, 0) is 12.6 Å². The molecule has 0 spiro atoms. The average Bonchev–Trinajstić information content (AvgIpc) is 2.90. The van der Waals surface area contributed by atoms with Gasteiger partial charge in [-0.05, 0) is 23.8 Å². The summed E-state index contributed by atoms with van der Waals surface area (Å²) in [5, 5.41) is 0. The van der Waals surface area contributed by atoms with E-state index in [1.807, 2.05) is 22.7 Å². The zero-order chi connectivity index (χ0) is 15.7. The molecule has 0 aliphatic rings. The number of halogens is 3. The predicted molar refractivity (Wildman–Crippen MR) is 76.0 cm³/mol. The molecule has 0 N–H and O–H groups in total. The molecule has 114 valence electrons. The summed E-state index contributed by atoms with van der Waals surface area (Å²) in [6, 6.07) is 8.91. The third kappa shape index (κ3) is 2.64. The molecule has 2 heterocycles. The highest BCUT2D eigenvalue weighted by Crippen LogP contribution is 2.30. The molecule has 3 aromatic rings. The first-order valence-corrected chi connectivity index (χ1v) is 6.64. The number of hydrogen-bond acceptors (Lipinski definition) is 2. The molecule has 0 aliphatic carbocycles. The number of ether oxygens (including phenoxy) is 1. The second-order valence-corrected chi connectivity index (χ2v) is 4.88. The molecule has 0 unspecified atom stereocenters. The van der Waals surface area contributed by atoms with Crippen LogP contribution in [0.15, 0.2) is 48.8 Å². The number of alkyl halides is 3. The van der Waals surface area contributed by atoms with Gasteiger partial charge in [0.25, 0.3) is 0 Å². The van der Waals surface area contributed by atoms with E-state index in [4.69, 9.17) is 4.74 Å². The summed E-state index contributed by atoms with van der Waals surface area (Å²) < 4.78 is 45.3. The normalized spacial score (nSPS) is 11.8. The van der Waals surface area contributed by atoms with Crippen molar-refractivity contribution >= 4 is 5.52 Å². The molecular formula is C16H13F3N2O. The monoisotopic (exact) mass is 306 g/mol. The lowest BCUT2D eigenvalue weighted by atomic mass is 10.1. The standard InChI is InChI=1S/C16H13F3N2O/c1-22-14-6-3-7-21-13(14)10-20-15(21)9-11-4-2-5-12(8-11)16(17,18)19/h2-8,10H,9H2,1H3. The predicted octanol–water partition coefficient (Wildman–Crippen LogP) is 3.95. The summed E-state index contributed by atoms with van der Waals surface area (Å²) in [5.41, 5.74) is 0.695. The van der Waals surface area contributed by atoms with Gasteiger partial charge in [0.15, 0.2) is 0 Å². The molecule has 1 aromatic carbocycles. The number of benzene rings is 1. The van der Waals surface area contributed by atoms with Crippen LogP contribution in [0.2, 0.25) is 0 Å². The Bertz CT molecular complexity index is 809. The van der Waals surface area contributed by atoms with E-state index >= 15 is 0 Å². The van der Waals surface area contributed by atoms with E-state index in [2.05, 4.69) is 4.98 Å². The van der Waals surface area contributed by atoms with Gasteiger partial charge in [0, 0.05) is 12.6 Å². The first-order chi connectivity index (χ1) is 10.5. The van der Waals surface area contributed by atoms with Gasteiger partial charge in [-0.3, -0.25) is 0 Å². The van der Waals surface area contributed by atoms with Crippen LogP contribution < -0.4 is 4.74 Å². The maximum atomic E-state index is 12.8. The fourth-order valence-electron chi connectivity index (χ4n) is 2.39. The van der Waals surface area contributed by atoms with Gasteiger partial charge in [0.1, 0.15) is 17.1 Å². The SMILES string of the molecule is COc1cccn2c(Cc3cccc(C(F)(F)F)c3)ncc12. The van der Waals surface area contributed by atoms with Crippen LogP contribution in [-0.4, -0.2) is 16.5 Å².